The molecule has 3 rings (SSSR count). The number of aromatic nitrogens is 4. The fraction of sp³-hybridized carbons (Fsp3) is 0.375. The predicted molar refractivity (Wildman–Crippen MR) is 90.4 cm³/mol. The largest absolute Gasteiger partial charge is 0.493 e. The first-order chi connectivity index (χ1) is 12.6. The monoisotopic (exact) mass is 361 g/mol. The molecule has 0 saturated heterocycles. The zero-order chi connectivity index (χ0) is 18.8. The third kappa shape index (κ3) is 2.59. The molecule has 138 valence electrons. The SMILES string of the molecule is COC(=O)C1=C(C)Nc2nnnn2[C@H]1c1ccc(OC)c(OC)c1OC. The maximum Gasteiger partial charge on any atom is 0.338 e. The Morgan fingerprint density at radius 3 is 2.46 bits per heavy atom. The van der Waals surface area contributed by atoms with Crippen LogP contribution in [0.3, 0.4) is 0 Å². The summed E-state index contributed by atoms with van der Waals surface area (Å²) in [6, 6.07) is 2.84. The highest BCUT2D eigenvalue weighted by Crippen LogP contribution is 2.46. The summed E-state index contributed by atoms with van der Waals surface area (Å²) < 4.78 is 22.8. The fourth-order valence-corrected chi connectivity index (χ4v) is 3.01. The molecule has 0 radical (unpaired) electrons. The van der Waals surface area contributed by atoms with Crippen molar-refractivity contribution in [2.75, 3.05) is 33.8 Å². The molecule has 0 spiro atoms. The molecule has 0 bridgehead atoms. The number of nitrogens with one attached hydrogen (secondary N) is 1. The van der Waals surface area contributed by atoms with E-state index >= 15 is 0 Å². The summed E-state index contributed by atoms with van der Waals surface area (Å²) in [5, 5.41) is 14.6. The molecule has 1 aromatic carbocycles. The van der Waals surface area contributed by atoms with Crippen LogP contribution >= 0.6 is 0 Å². The Kier molecular flexibility index (Phi) is 4.65. The first-order valence-electron chi connectivity index (χ1n) is 7.70. The van der Waals surface area contributed by atoms with E-state index in [1.165, 1.54) is 33.1 Å². The Hall–Kier alpha value is -3.30. The standard InChI is InChI=1S/C16H19N5O5/c1-8-11(15(22)26-5)12(21-16(17-8)18-19-20-21)9-6-7-10(23-2)14(25-4)13(9)24-3/h6-7,12H,1-5H3,(H,17,18,20)/t12-/m0/s1. The molecule has 2 heterocycles. The van der Waals surface area contributed by atoms with Gasteiger partial charge in [0.05, 0.1) is 34.0 Å². The van der Waals surface area contributed by atoms with Crippen molar-refractivity contribution in [2.45, 2.75) is 13.0 Å². The van der Waals surface area contributed by atoms with Gasteiger partial charge in [0.25, 0.3) is 0 Å². The Labute approximate surface area is 149 Å². The predicted octanol–water partition coefficient (Wildman–Crippen LogP) is 1.16. The molecule has 1 N–H and O–H groups in total. The number of allylic oxidation sites excluding steroid dienone is 1. The van der Waals surface area contributed by atoms with E-state index in [2.05, 4.69) is 20.8 Å². The quantitative estimate of drug-likeness (QED) is 0.784. The van der Waals surface area contributed by atoms with Crippen LogP contribution < -0.4 is 19.5 Å². The van der Waals surface area contributed by atoms with Crippen LogP contribution in [0.4, 0.5) is 5.95 Å². The molecule has 26 heavy (non-hydrogen) atoms. The number of hydrogen-bond acceptors (Lipinski definition) is 9. The second-order valence-corrected chi connectivity index (χ2v) is 5.43. The van der Waals surface area contributed by atoms with Crippen molar-refractivity contribution in [3.05, 3.63) is 29.0 Å². The number of esters is 1. The van der Waals surface area contributed by atoms with Crippen molar-refractivity contribution in [3.63, 3.8) is 0 Å². The van der Waals surface area contributed by atoms with E-state index in [1.54, 1.807) is 19.1 Å². The third-order valence-electron chi connectivity index (χ3n) is 4.15. The normalized spacial score (nSPS) is 15.8. The van der Waals surface area contributed by atoms with Gasteiger partial charge in [0.15, 0.2) is 11.5 Å². The van der Waals surface area contributed by atoms with Crippen molar-refractivity contribution in [3.8, 4) is 17.2 Å². The number of hydrogen-bond donors (Lipinski definition) is 1. The molecule has 2 aromatic rings. The van der Waals surface area contributed by atoms with Crippen LogP contribution in [0.1, 0.15) is 18.5 Å². The molecule has 1 aromatic heterocycles. The Morgan fingerprint density at radius 1 is 1.12 bits per heavy atom. The van der Waals surface area contributed by atoms with Gasteiger partial charge in [-0.05, 0) is 29.5 Å². The summed E-state index contributed by atoms with van der Waals surface area (Å²) in [4.78, 5) is 12.5. The Bertz CT molecular complexity index is 876. The number of ether oxygens (including phenoxy) is 4. The molecule has 1 aliphatic heterocycles. The van der Waals surface area contributed by atoms with Crippen molar-refractivity contribution < 1.29 is 23.7 Å². The highest BCUT2D eigenvalue weighted by atomic mass is 16.5. The van der Waals surface area contributed by atoms with E-state index in [-0.39, 0.29) is 0 Å². The molecule has 0 fully saturated rings. The van der Waals surface area contributed by atoms with E-state index < -0.39 is 12.0 Å². The van der Waals surface area contributed by atoms with Gasteiger partial charge in [0, 0.05) is 11.3 Å². The molecule has 1 aliphatic rings. The number of carbonyl (C=O) groups is 1. The number of fused-ring (bicyclic) bond motifs is 1. The fourth-order valence-electron chi connectivity index (χ4n) is 3.01. The summed E-state index contributed by atoms with van der Waals surface area (Å²) in [7, 11) is 5.87. The van der Waals surface area contributed by atoms with Gasteiger partial charge in [-0.25, -0.2) is 4.79 Å². The molecule has 0 amide bonds. The highest BCUT2D eigenvalue weighted by Gasteiger charge is 2.37. The van der Waals surface area contributed by atoms with Gasteiger partial charge in [-0.3, -0.25) is 0 Å². The summed E-state index contributed by atoms with van der Waals surface area (Å²) >= 11 is 0. The number of nitrogens with zero attached hydrogens (tertiary/aromatic N) is 4. The topological polar surface area (TPSA) is 110 Å². The lowest BCUT2D eigenvalue weighted by Crippen LogP contribution is -2.29. The van der Waals surface area contributed by atoms with Gasteiger partial charge in [0.1, 0.15) is 6.04 Å². The first-order valence-corrected chi connectivity index (χ1v) is 7.70. The first kappa shape index (κ1) is 17.5. The number of benzene rings is 1. The Morgan fingerprint density at radius 2 is 1.85 bits per heavy atom. The van der Waals surface area contributed by atoms with E-state index in [9.17, 15) is 4.79 Å². The second-order valence-electron chi connectivity index (χ2n) is 5.43. The molecule has 0 saturated carbocycles. The maximum atomic E-state index is 12.5. The van der Waals surface area contributed by atoms with Gasteiger partial charge in [-0.15, -0.1) is 0 Å². The molecule has 10 heteroatoms. The smallest absolute Gasteiger partial charge is 0.338 e. The molecule has 1 atom stereocenters. The van der Waals surface area contributed by atoms with Crippen LogP contribution in [0, 0.1) is 0 Å². The molecular formula is C16H19N5O5. The van der Waals surface area contributed by atoms with Crippen molar-refractivity contribution in [1.29, 1.82) is 0 Å². The van der Waals surface area contributed by atoms with Gasteiger partial charge in [-0.1, -0.05) is 5.10 Å². The minimum absolute atomic E-state index is 0.359. The minimum Gasteiger partial charge on any atom is -0.493 e. The third-order valence-corrected chi connectivity index (χ3v) is 4.15. The van der Waals surface area contributed by atoms with E-state index in [4.69, 9.17) is 18.9 Å². The van der Waals surface area contributed by atoms with Crippen molar-refractivity contribution in [1.82, 2.24) is 20.2 Å². The molecular weight excluding hydrogens is 342 g/mol. The lowest BCUT2D eigenvalue weighted by atomic mass is 9.94. The van der Waals surface area contributed by atoms with Crippen LogP contribution in [-0.4, -0.2) is 54.6 Å². The second kappa shape index (κ2) is 6.90. The van der Waals surface area contributed by atoms with Gasteiger partial charge in [0.2, 0.25) is 11.7 Å². The zero-order valence-corrected chi connectivity index (χ0v) is 15.1. The van der Waals surface area contributed by atoms with Gasteiger partial charge >= 0.3 is 5.97 Å². The number of anilines is 1. The summed E-state index contributed by atoms with van der Waals surface area (Å²) in [5.74, 6) is 1.21. The number of tetrazole rings is 1. The highest BCUT2D eigenvalue weighted by molar-refractivity contribution is 5.92. The average Bonchev–Trinajstić information content (AvgIpc) is 3.12. The van der Waals surface area contributed by atoms with Gasteiger partial charge in [-0.2, -0.15) is 4.68 Å². The number of methoxy groups -OCH3 is 4. The molecule has 0 aliphatic carbocycles. The van der Waals surface area contributed by atoms with Crippen molar-refractivity contribution >= 4 is 11.9 Å². The lowest BCUT2D eigenvalue weighted by Gasteiger charge is -2.28. The van der Waals surface area contributed by atoms with Crippen LogP contribution in [0.5, 0.6) is 17.2 Å². The maximum absolute atomic E-state index is 12.5. The average molecular weight is 361 g/mol. The summed E-state index contributed by atoms with van der Waals surface area (Å²) in [6.45, 7) is 1.75. The number of rotatable bonds is 5. The summed E-state index contributed by atoms with van der Waals surface area (Å²) in [6.07, 6.45) is 0. The minimum atomic E-state index is -0.663. The van der Waals surface area contributed by atoms with Gasteiger partial charge < -0.3 is 24.3 Å². The van der Waals surface area contributed by atoms with Crippen LogP contribution in [0.15, 0.2) is 23.4 Å². The molecule has 10 nitrogen and oxygen atoms in total. The van der Waals surface area contributed by atoms with Crippen LogP contribution in [0.2, 0.25) is 0 Å². The number of carbonyl (C=O) groups excluding carboxylic acids is 1. The lowest BCUT2D eigenvalue weighted by molar-refractivity contribution is -0.136. The van der Waals surface area contributed by atoms with E-state index in [0.29, 0.717) is 40.0 Å². The van der Waals surface area contributed by atoms with Crippen LogP contribution in [-0.2, 0) is 9.53 Å². The van der Waals surface area contributed by atoms with Crippen molar-refractivity contribution in [2.24, 2.45) is 0 Å². The molecule has 0 unspecified atom stereocenters. The Balaban J connectivity index is 2.28. The summed E-state index contributed by atoms with van der Waals surface area (Å²) in [5.41, 5.74) is 1.57. The van der Waals surface area contributed by atoms with Crippen LogP contribution in [0.25, 0.3) is 0 Å². The van der Waals surface area contributed by atoms with E-state index in [0.717, 1.165) is 0 Å². The van der Waals surface area contributed by atoms with E-state index in [1.807, 2.05) is 0 Å². The zero-order valence-electron chi connectivity index (χ0n) is 15.1.